The molecule has 0 saturated heterocycles. The highest BCUT2D eigenvalue weighted by molar-refractivity contribution is 7.98. The molecule has 1 heterocycles. The van der Waals surface area contributed by atoms with E-state index in [0.29, 0.717) is 42.1 Å². The van der Waals surface area contributed by atoms with E-state index in [2.05, 4.69) is 5.32 Å². The van der Waals surface area contributed by atoms with Gasteiger partial charge in [0.2, 0.25) is 0 Å². The number of dihydropyridines is 1. The van der Waals surface area contributed by atoms with Gasteiger partial charge in [-0.3, -0.25) is 4.79 Å². The molecular formula is C29H33NO5S. The van der Waals surface area contributed by atoms with Crippen molar-refractivity contribution < 1.29 is 23.8 Å². The van der Waals surface area contributed by atoms with Gasteiger partial charge in [-0.05, 0) is 67.3 Å². The van der Waals surface area contributed by atoms with Crippen LogP contribution in [0, 0.1) is 0 Å². The maximum Gasteiger partial charge on any atom is 0.336 e. The van der Waals surface area contributed by atoms with Gasteiger partial charge < -0.3 is 19.5 Å². The van der Waals surface area contributed by atoms with E-state index in [1.807, 2.05) is 62.6 Å². The van der Waals surface area contributed by atoms with Crippen LogP contribution in [0.15, 0.2) is 69.9 Å². The number of hydrogen-bond donors (Lipinski definition) is 1. The molecule has 2 aliphatic rings. The third-order valence-electron chi connectivity index (χ3n) is 6.81. The van der Waals surface area contributed by atoms with Gasteiger partial charge >= 0.3 is 5.97 Å². The first-order valence-electron chi connectivity index (χ1n) is 12.2. The van der Waals surface area contributed by atoms with E-state index >= 15 is 0 Å². The number of thioether (sulfide) groups is 1. The van der Waals surface area contributed by atoms with Gasteiger partial charge in [0, 0.05) is 34.2 Å². The Balaban J connectivity index is 1.75. The summed E-state index contributed by atoms with van der Waals surface area (Å²) in [6, 6.07) is 13.9. The smallest absolute Gasteiger partial charge is 0.336 e. The maximum absolute atomic E-state index is 13.8. The van der Waals surface area contributed by atoms with Gasteiger partial charge in [0.15, 0.2) is 17.3 Å². The second kappa shape index (κ2) is 11.2. The van der Waals surface area contributed by atoms with Gasteiger partial charge in [0.1, 0.15) is 0 Å². The standard InChI is InChI=1S/C29H33NO5S/c1-6-13-35-29(32)26-17(2)30-22-14-20(19-9-12-24(33-3)25(16-19)34-4)15-23(31)28(22)27(26)18-7-10-21(36-5)11-8-18/h7-12,16,20,27,30H,6,13-15H2,1-5H3/t20-,27-/m1/s1. The van der Waals surface area contributed by atoms with Crippen LogP contribution < -0.4 is 14.8 Å². The summed E-state index contributed by atoms with van der Waals surface area (Å²) >= 11 is 1.66. The molecule has 4 rings (SSSR count). The van der Waals surface area contributed by atoms with Crippen molar-refractivity contribution in [2.75, 3.05) is 27.1 Å². The molecule has 0 spiro atoms. The van der Waals surface area contributed by atoms with Crippen molar-refractivity contribution in [2.24, 2.45) is 0 Å². The molecule has 190 valence electrons. The molecule has 0 bridgehead atoms. The first-order chi connectivity index (χ1) is 17.4. The van der Waals surface area contributed by atoms with Gasteiger partial charge in [0.25, 0.3) is 0 Å². The predicted octanol–water partition coefficient (Wildman–Crippen LogP) is 5.74. The predicted molar refractivity (Wildman–Crippen MR) is 142 cm³/mol. The molecule has 2 aromatic carbocycles. The zero-order valence-corrected chi connectivity index (χ0v) is 22.3. The van der Waals surface area contributed by atoms with Crippen molar-refractivity contribution >= 4 is 23.5 Å². The minimum Gasteiger partial charge on any atom is -0.493 e. The molecule has 36 heavy (non-hydrogen) atoms. The van der Waals surface area contributed by atoms with Gasteiger partial charge in [-0.15, -0.1) is 11.8 Å². The van der Waals surface area contributed by atoms with Crippen LogP contribution in [0.4, 0.5) is 0 Å². The normalized spacial score (nSPS) is 19.5. The number of carbonyl (C=O) groups excluding carboxylic acids is 2. The van der Waals surface area contributed by atoms with E-state index in [1.54, 1.807) is 26.0 Å². The van der Waals surface area contributed by atoms with Crippen LogP contribution in [-0.2, 0) is 14.3 Å². The SMILES string of the molecule is CCCOC(=O)C1=C(C)NC2=C(C(=O)C[C@H](c3ccc(OC)c(OC)c3)C2)[C@@H]1c1ccc(SC)cc1. The van der Waals surface area contributed by atoms with E-state index < -0.39 is 5.92 Å². The van der Waals surface area contributed by atoms with Crippen molar-refractivity contribution in [2.45, 2.75) is 49.8 Å². The minimum atomic E-state index is -0.458. The third kappa shape index (κ3) is 5.03. The van der Waals surface area contributed by atoms with Crippen molar-refractivity contribution in [3.63, 3.8) is 0 Å². The number of nitrogens with one attached hydrogen (secondary N) is 1. The molecule has 0 fully saturated rings. The summed E-state index contributed by atoms with van der Waals surface area (Å²) in [7, 11) is 3.21. The third-order valence-corrected chi connectivity index (χ3v) is 7.56. The summed E-state index contributed by atoms with van der Waals surface area (Å²) in [5.74, 6) is 0.493. The fraction of sp³-hybridized carbons (Fsp3) is 0.379. The second-order valence-electron chi connectivity index (χ2n) is 9.04. The fourth-order valence-corrected chi connectivity index (χ4v) is 5.46. The molecule has 1 N–H and O–H groups in total. The number of rotatable bonds is 8. The van der Waals surface area contributed by atoms with Crippen LogP contribution in [0.5, 0.6) is 11.5 Å². The lowest BCUT2D eigenvalue weighted by Crippen LogP contribution is -2.36. The average Bonchev–Trinajstić information content (AvgIpc) is 2.90. The summed E-state index contributed by atoms with van der Waals surface area (Å²) in [5.41, 5.74) is 4.71. The number of ether oxygens (including phenoxy) is 3. The van der Waals surface area contributed by atoms with Crippen LogP contribution in [0.3, 0.4) is 0 Å². The Labute approximate surface area is 217 Å². The molecule has 2 atom stereocenters. The monoisotopic (exact) mass is 507 g/mol. The summed E-state index contributed by atoms with van der Waals surface area (Å²) in [6.45, 7) is 4.20. The first kappa shape index (κ1) is 25.9. The highest BCUT2D eigenvalue weighted by atomic mass is 32.2. The number of allylic oxidation sites excluding steroid dienone is 3. The lowest BCUT2D eigenvalue weighted by Gasteiger charge is -2.36. The summed E-state index contributed by atoms with van der Waals surface area (Å²) in [5, 5.41) is 3.41. The van der Waals surface area contributed by atoms with E-state index in [4.69, 9.17) is 14.2 Å². The highest BCUT2D eigenvalue weighted by Gasteiger charge is 2.41. The molecule has 1 aliphatic carbocycles. The summed E-state index contributed by atoms with van der Waals surface area (Å²) < 4.78 is 16.4. The molecule has 0 unspecified atom stereocenters. The molecule has 6 nitrogen and oxygen atoms in total. The molecule has 0 amide bonds. The number of carbonyl (C=O) groups is 2. The molecule has 0 saturated carbocycles. The first-order valence-corrected chi connectivity index (χ1v) is 13.4. The summed E-state index contributed by atoms with van der Waals surface area (Å²) in [6.07, 6.45) is 3.77. The quantitative estimate of drug-likeness (QED) is 0.361. The topological polar surface area (TPSA) is 73.9 Å². The Hall–Kier alpha value is -3.19. The van der Waals surface area contributed by atoms with Crippen LogP contribution in [0.1, 0.15) is 56.1 Å². The van der Waals surface area contributed by atoms with Crippen LogP contribution in [-0.4, -0.2) is 38.8 Å². The number of esters is 1. The number of ketones is 1. The maximum atomic E-state index is 13.8. The number of benzene rings is 2. The van der Waals surface area contributed by atoms with E-state index in [-0.39, 0.29) is 17.7 Å². The molecule has 2 aromatic rings. The minimum absolute atomic E-state index is 0.00975. The Morgan fingerprint density at radius 2 is 1.72 bits per heavy atom. The van der Waals surface area contributed by atoms with Gasteiger partial charge in [0.05, 0.1) is 26.4 Å². The molecule has 7 heteroatoms. The Bertz CT molecular complexity index is 1210. The molecule has 1 aliphatic heterocycles. The van der Waals surface area contributed by atoms with Gasteiger partial charge in [-0.25, -0.2) is 4.79 Å². The number of methoxy groups -OCH3 is 2. The molecular weight excluding hydrogens is 474 g/mol. The average molecular weight is 508 g/mol. The fourth-order valence-electron chi connectivity index (χ4n) is 5.05. The summed E-state index contributed by atoms with van der Waals surface area (Å²) in [4.78, 5) is 28.1. The van der Waals surface area contributed by atoms with E-state index in [1.165, 1.54) is 0 Å². The lowest BCUT2D eigenvalue weighted by atomic mass is 9.71. The van der Waals surface area contributed by atoms with Gasteiger partial charge in [-0.2, -0.15) is 0 Å². The van der Waals surface area contributed by atoms with Crippen LogP contribution in [0.2, 0.25) is 0 Å². The number of Topliss-reactive ketones (excluding diaryl/α,β-unsaturated/α-hetero) is 1. The Morgan fingerprint density at radius 3 is 2.36 bits per heavy atom. The largest absolute Gasteiger partial charge is 0.493 e. The van der Waals surface area contributed by atoms with Crippen LogP contribution in [0.25, 0.3) is 0 Å². The van der Waals surface area contributed by atoms with Crippen molar-refractivity contribution in [1.29, 1.82) is 0 Å². The van der Waals surface area contributed by atoms with Crippen LogP contribution >= 0.6 is 11.8 Å². The zero-order valence-electron chi connectivity index (χ0n) is 21.5. The molecule has 0 aromatic heterocycles. The van der Waals surface area contributed by atoms with E-state index in [0.717, 1.165) is 33.8 Å². The Morgan fingerprint density at radius 1 is 1.03 bits per heavy atom. The van der Waals surface area contributed by atoms with Crippen molar-refractivity contribution in [3.05, 3.63) is 76.1 Å². The zero-order chi connectivity index (χ0) is 25.8. The Kier molecular flexibility index (Phi) is 8.09. The van der Waals surface area contributed by atoms with Gasteiger partial charge in [-0.1, -0.05) is 25.1 Å². The second-order valence-corrected chi connectivity index (χ2v) is 9.92. The lowest BCUT2D eigenvalue weighted by molar-refractivity contribution is -0.139. The van der Waals surface area contributed by atoms with Crippen molar-refractivity contribution in [1.82, 2.24) is 5.32 Å². The highest BCUT2D eigenvalue weighted by Crippen LogP contribution is 2.46. The van der Waals surface area contributed by atoms with Crippen molar-refractivity contribution in [3.8, 4) is 11.5 Å². The van der Waals surface area contributed by atoms with E-state index in [9.17, 15) is 9.59 Å². The number of hydrogen-bond acceptors (Lipinski definition) is 7. The molecule has 0 radical (unpaired) electrons.